The predicted octanol–water partition coefficient (Wildman–Crippen LogP) is 0.812. The number of sulfone groups is 1. The maximum atomic E-state index is 11.4. The molecule has 0 spiro atoms. The minimum absolute atomic E-state index is 0.172. The third kappa shape index (κ3) is 3.29. The zero-order chi connectivity index (χ0) is 14.8. The van der Waals surface area contributed by atoms with E-state index in [0.29, 0.717) is 17.9 Å². The molecule has 110 valence electrons. The first-order valence-corrected chi connectivity index (χ1v) is 8.14. The number of rotatable bonds is 4. The molecule has 7 heteroatoms. The van der Waals surface area contributed by atoms with Crippen molar-refractivity contribution >= 4 is 15.5 Å². The van der Waals surface area contributed by atoms with E-state index in [1.807, 2.05) is 6.92 Å². The van der Waals surface area contributed by atoms with Crippen molar-refractivity contribution in [2.24, 2.45) is 5.16 Å². The van der Waals surface area contributed by atoms with Crippen LogP contribution < -0.4 is 4.74 Å². The molecule has 1 heterocycles. The van der Waals surface area contributed by atoms with Gasteiger partial charge in [0.1, 0.15) is 18.0 Å². The number of ether oxygens (including phenoxy) is 1. The van der Waals surface area contributed by atoms with Crippen molar-refractivity contribution in [3.63, 3.8) is 0 Å². The maximum absolute atomic E-state index is 11.4. The van der Waals surface area contributed by atoms with Crippen molar-refractivity contribution in [2.75, 3.05) is 11.5 Å². The minimum Gasteiger partial charge on any atom is -0.487 e. The number of aliphatic hydroxyl groups is 1. The first-order chi connectivity index (χ1) is 9.45. The van der Waals surface area contributed by atoms with Gasteiger partial charge < -0.3 is 15.1 Å². The summed E-state index contributed by atoms with van der Waals surface area (Å²) in [7, 11) is -3.22. The van der Waals surface area contributed by atoms with E-state index in [1.54, 1.807) is 24.3 Å². The van der Waals surface area contributed by atoms with Crippen molar-refractivity contribution < 1.29 is 23.5 Å². The van der Waals surface area contributed by atoms with Gasteiger partial charge in [0.25, 0.3) is 0 Å². The van der Waals surface area contributed by atoms with Crippen LogP contribution in [0.25, 0.3) is 0 Å². The molecule has 2 N–H and O–H groups in total. The van der Waals surface area contributed by atoms with Crippen molar-refractivity contribution in [1.82, 2.24) is 0 Å². The van der Waals surface area contributed by atoms with Gasteiger partial charge in [-0.15, -0.1) is 0 Å². The summed E-state index contributed by atoms with van der Waals surface area (Å²) in [5.41, 5.74) is 1.32. The summed E-state index contributed by atoms with van der Waals surface area (Å²) in [4.78, 5) is 0. The molecule has 20 heavy (non-hydrogen) atoms. The Balaban J connectivity index is 2.08. The van der Waals surface area contributed by atoms with E-state index in [-0.39, 0.29) is 11.5 Å². The highest BCUT2D eigenvalue weighted by Gasteiger charge is 2.38. The largest absolute Gasteiger partial charge is 0.487 e. The number of hydrogen-bond acceptors (Lipinski definition) is 6. The van der Waals surface area contributed by atoms with Gasteiger partial charge >= 0.3 is 0 Å². The minimum atomic E-state index is -3.22. The van der Waals surface area contributed by atoms with Crippen molar-refractivity contribution in [3.8, 4) is 5.75 Å². The standard InChI is InChI=1S/C13H17NO5S/c1-2-11(14-16)9-3-5-10(6-4-9)19-13-8-20(17,18)7-12(13)15/h3-6,12-13,15-16H,2,7-8H2,1H3/b14-11+. The van der Waals surface area contributed by atoms with Gasteiger partial charge in [-0.05, 0) is 36.2 Å². The average molecular weight is 299 g/mol. The second-order valence-electron chi connectivity index (χ2n) is 4.73. The zero-order valence-electron chi connectivity index (χ0n) is 11.1. The lowest BCUT2D eigenvalue weighted by atomic mass is 10.1. The second-order valence-corrected chi connectivity index (χ2v) is 6.88. The normalized spacial score (nSPS) is 25.6. The Morgan fingerprint density at radius 2 is 2.00 bits per heavy atom. The van der Waals surface area contributed by atoms with Crippen LogP contribution in [0.3, 0.4) is 0 Å². The maximum Gasteiger partial charge on any atom is 0.156 e. The van der Waals surface area contributed by atoms with Gasteiger partial charge in [0.15, 0.2) is 9.84 Å². The van der Waals surface area contributed by atoms with Crippen LogP contribution >= 0.6 is 0 Å². The topological polar surface area (TPSA) is 96.2 Å². The molecule has 2 atom stereocenters. The predicted molar refractivity (Wildman–Crippen MR) is 74.1 cm³/mol. The summed E-state index contributed by atoms with van der Waals surface area (Å²) in [5.74, 6) is 0.0458. The molecule has 0 amide bonds. The fraction of sp³-hybridized carbons (Fsp3) is 0.462. The van der Waals surface area contributed by atoms with Crippen molar-refractivity contribution in [2.45, 2.75) is 25.6 Å². The van der Waals surface area contributed by atoms with E-state index in [2.05, 4.69) is 5.16 Å². The number of nitrogens with zero attached hydrogens (tertiary/aromatic N) is 1. The van der Waals surface area contributed by atoms with E-state index in [0.717, 1.165) is 5.56 Å². The van der Waals surface area contributed by atoms with E-state index in [4.69, 9.17) is 9.94 Å². The molecule has 6 nitrogen and oxygen atoms in total. The van der Waals surface area contributed by atoms with Gasteiger partial charge in [-0.3, -0.25) is 0 Å². The third-order valence-corrected chi connectivity index (χ3v) is 4.89. The van der Waals surface area contributed by atoms with Crippen LogP contribution in [-0.2, 0) is 9.84 Å². The molecule has 2 unspecified atom stereocenters. The highest BCUT2D eigenvalue weighted by atomic mass is 32.2. The van der Waals surface area contributed by atoms with E-state index in [9.17, 15) is 13.5 Å². The highest BCUT2D eigenvalue weighted by Crippen LogP contribution is 2.21. The van der Waals surface area contributed by atoms with Crippen LogP contribution in [0.5, 0.6) is 5.75 Å². The van der Waals surface area contributed by atoms with E-state index < -0.39 is 22.0 Å². The Labute approximate surface area is 117 Å². The number of oxime groups is 1. The average Bonchev–Trinajstić information content (AvgIpc) is 2.66. The fourth-order valence-corrected chi connectivity index (χ4v) is 3.80. The molecular formula is C13H17NO5S. The zero-order valence-corrected chi connectivity index (χ0v) is 11.9. The lowest BCUT2D eigenvalue weighted by Gasteiger charge is -2.15. The number of aliphatic hydroxyl groups excluding tert-OH is 1. The summed E-state index contributed by atoms with van der Waals surface area (Å²) < 4.78 is 28.3. The van der Waals surface area contributed by atoms with Crippen LogP contribution in [0, 0.1) is 0 Å². The molecule has 2 rings (SSSR count). The first-order valence-electron chi connectivity index (χ1n) is 6.31. The molecule has 1 fully saturated rings. The molecular weight excluding hydrogens is 282 g/mol. The van der Waals surface area contributed by atoms with Gasteiger partial charge in [0.05, 0.1) is 17.2 Å². The van der Waals surface area contributed by atoms with Gasteiger partial charge in [0.2, 0.25) is 0 Å². The second kappa shape index (κ2) is 5.80. The first kappa shape index (κ1) is 14.8. The lowest BCUT2D eigenvalue weighted by molar-refractivity contribution is 0.0738. The molecule has 0 aliphatic carbocycles. The van der Waals surface area contributed by atoms with E-state index in [1.165, 1.54) is 0 Å². The van der Waals surface area contributed by atoms with Gasteiger partial charge in [-0.2, -0.15) is 0 Å². The van der Waals surface area contributed by atoms with Crippen LogP contribution in [0.15, 0.2) is 29.4 Å². The number of hydrogen-bond donors (Lipinski definition) is 2. The summed E-state index contributed by atoms with van der Waals surface area (Å²) in [6.45, 7) is 1.87. The third-order valence-electron chi connectivity index (χ3n) is 3.20. The lowest BCUT2D eigenvalue weighted by Crippen LogP contribution is -2.29. The Morgan fingerprint density at radius 3 is 2.45 bits per heavy atom. The fourth-order valence-electron chi connectivity index (χ4n) is 2.14. The van der Waals surface area contributed by atoms with Gasteiger partial charge in [-0.25, -0.2) is 8.42 Å². The van der Waals surface area contributed by atoms with Gasteiger partial charge in [-0.1, -0.05) is 12.1 Å². The monoisotopic (exact) mass is 299 g/mol. The molecule has 1 aliphatic rings. The smallest absolute Gasteiger partial charge is 0.156 e. The highest BCUT2D eigenvalue weighted by molar-refractivity contribution is 7.91. The molecule has 1 aliphatic heterocycles. The summed E-state index contributed by atoms with van der Waals surface area (Å²) in [5, 5.41) is 21.7. The Kier molecular flexibility index (Phi) is 4.29. The molecule has 0 aromatic heterocycles. The molecule has 0 bridgehead atoms. The Bertz CT molecular complexity index is 594. The Morgan fingerprint density at radius 1 is 1.35 bits per heavy atom. The van der Waals surface area contributed by atoms with Crippen molar-refractivity contribution in [3.05, 3.63) is 29.8 Å². The molecule has 0 saturated carbocycles. The van der Waals surface area contributed by atoms with E-state index >= 15 is 0 Å². The molecule has 0 radical (unpaired) electrons. The SMILES string of the molecule is CC/C(=N\O)c1ccc(OC2CS(=O)(=O)CC2O)cc1. The van der Waals surface area contributed by atoms with Crippen LogP contribution in [0.2, 0.25) is 0 Å². The summed E-state index contributed by atoms with van der Waals surface area (Å²) in [6, 6.07) is 6.77. The van der Waals surface area contributed by atoms with Crippen LogP contribution in [-0.4, -0.2) is 48.2 Å². The van der Waals surface area contributed by atoms with Gasteiger partial charge in [0, 0.05) is 0 Å². The number of benzene rings is 1. The molecule has 1 aromatic carbocycles. The molecule has 1 saturated heterocycles. The van der Waals surface area contributed by atoms with Crippen LogP contribution in [0.4, 0.5) is 0 Å². The van der Waals surface area contributed by atoms with Crippen LogP contribution in [0.1, 0.15) is 18.9 Å². The Hall–Kier alpha value is -1.60. The molecule has 1 aromatic rings. The summed E-state index contributed by atoms with van der Waals surface area (Å²) >= 11 is 0. The quantitative estimate of drug-likeness (QED) is 0.487. The summed E-state index contributed by atoms with van der Waals surface area (Å²) in [6.07, 6.45) is -1.14. The van der Waals surface area contributed by atoms with Crippen molar-refractivity contribution in [1.29, 1.82) is 0 Å².